The number of H-pyrrole nitrogens is 1. The largest absolute Gasteiger partial charge is 0.361 e. The fraction of sp³-hybridized carbons (Fsp3) is 0.357. The summed E-state index contributed by atoms with van der Waals surface area (Å²) in [4.78, 5) is 17.2. The molecule has 1 aromatic heterocycles. The molecule has 0 atom stereocenters. The molecule has 1 heterocycles. The lowest BCUT2D eigenvalue weighted by molar-refractivity contribution is 0.0795. The van der Waals surface area contributed by atoms with E-state index >= 15 is 0 Å². The number of amides is 1. The van der Waals surface area contributed by atoms with Crippen LogP contribution < -0.4 is 0 Å². The van der Waals surface area contributed by atoms with Gasteiger partial charge in [-0.25, -0.2) is 0 Å². The molecular formula is C14H18N2O. The molecule has 0 saturated carbocycles. The minimum Gasteiger partial charge on any atom is -0.361 e. The van der Waals surface area contributed by atoms with Gasteiger partial charge in [0.1, 0.15) is 0 Å². The lowest BCUT2D eigenvalue weighted by Crippen LogP contribution is -2.27. The first-order valence-corrected chi connectivity index (χ1v) is 6.05. The lowest BCUT2D eigenvalue weighted by Gasteiger charge is -2.17. The Balaban J connectivity index is 2.27. The highest BCUT2D eigenvalue weighted by Crippen LogP contribution is 2.18. The summed E-state index contributed by atoms with van der Waals surface area (Å²) in [6, 6.07) is 7.75. The van der Waals surface area contributed by atoms with Gasteiger partial charge in [-0.1, -0.05) is 19.4 Å². The Bertz CT molecular complexity index is 516. The fourth-order valence-electron chi connectivity index (χ4n) is 1.97. The Hall–Kier alpha value is -1.77. The molecule has 0 spiro atoms. The van der Waals surface area contributed by atoms with Gasteiger partial charge in [0.05, 0.1) is 0 Å². The van der Waals surface area contributed by atoms with Crippen molar-refractivity contribution in [3.05, 3.63) is 36.0 Å². The minimum absolute atomic E-state index is 0.101. The Morgan fingerprint density at radius 3 is 2.94 bits per heavy atom. The minimum atomic E-state index is 0.101. The van der Waals surface area contributed by atoms with E-state index in [1.54, 1.807) is 4.90 Å². The number of carbonyl (C=O) groups excluding carboxylic acids is 1. The van der Waals surface area contributed by atoms with Crippen LogP contribution in [0.2, 0.25) is 0 Å². The van der Waals surface area contributed by atoms with Gasteiger partial charge in [-0.2, -0.15) is 0 Å². The summed E-state index contributed by atoms with van der Waals surface area (Å²) in [5.74, 6) is 0.101. The summed E-state index contributed by atoms with van der Waals surface area (Å²) in [6.07, 6.45) is 4.02. The number of rotatable bonds is 4. The van der Waals surface area contributed by atoms with Gasteiger partial charge < -0.3 is 9.88 Å². The van der Waals surface area contributed by atoms with E-state index in [4.69, 9.17) is 0 Å². The van der Waals surface area contributed by atoms with Crippen LogP contribution in [0.5, 0.6) is 0 Å². The first kappa shape index (κ1) is 11.7. The summed E-state index contributed by atoms with van der Waals surface area (Å²) in [7, 11) is 1.86. The monoisotopic (exact) mass is 230 g/mol. The second-order valence-corrected chi connectivity index (χ2v) is 4.32. The predicted octanol–water partition coefficient (Wildman–Crippen LogP) is 3.04. The zero-order chi connectivity index (χ0) is 12.3. The maximum absolute atomic E-state index is 12.3. The number of fused-ring (bicyclic) bond motifs is 1. The van der Waals surface area contributed by atoms with Crippen molar-refractivity contribution in [2.24, 2.45) is 0 Å². The molecule has 2 rings (SSSR count). The molecule has 0 aliphatic carbocycles. The molecule has 0 radical (unpaired) electrons. The summed E-state index contributed by atoms with van der Waals surface area (Å²) < 4.78 is 0. The SMILES string of the molecule is CCCCN(C)C(=O)c1cccc2[nH]ccc12. The van der Waals surface area contributed by atoms with Gasteiger partial charge in [-0.3, -0.25) is 4.79 Å². The van der Waals surface area contributed by atoms with E-state index in [9.17, 15) is 4.79 Å². The van der Waals surface area contributed by atoms with Gasteiger partial charge in [0.15, 0.2) is 0 Å². The van der Waals surface area contributed by atoms with Crippen LogP contribution in [0.4, 0.5) is 0 Å². The second-order valence-electron chi connectivity index (χ2n) is 4.32. The third-order valence-electron chi connectivity index (χ3n) is 3.02. The number of benzene rings is 1. The predicted molar refractivity (Wildman–Crippen MR) is 70.2 cm³/mol. The summed E-state index contributed by atoms with van der Waals surface area (Å²) in [6.45, 7) is 2.95. The van der Waals surface area contributed by atoms with Gasteiger partial charge >= 0.3 is 0 Å². The Kier molecular flexibility index (Phi) is 3.47. The zero-order valence-corrected chi connectivity index (χ0v) is 10.4. The van der Waals surface area contributed by atoms with Crippen LogP contribution in [0.1, 0.15) is 30.1 Å². The summed E-state index contributed by atoms with van der Waals surface area (Å²) >= 11 is 0. The highest BCUT2D eigenvalue weighted by atomic mass is 16.2. The molecule has 3 heteroatoms. The number of aromatic nitrogens is 1. The zero-order valence-electron chi connectivity index (χ0n) is 10.4. The van der Waals surface area contributed by atoms with Crippen LogP contribution in [0.25, 0.3) is 10.9 Å². The van der Waals surface area contributed by atoms with Crippen molar-refractivity contribution in [3.63, 3.8) is 0 Å². The Morgan fingerprint density at radius 1 is 1.35 bits per heavy atom. The number of nitrogens with zero attached hydrogens (tertiary/aromatic N) is 1. The molecule has 90 valence electrons. The molecule has 3 nitrogen and oxygen atoms in total. The maximum Gasteiger partial charge on any atom is 0.254 e. The number of nitrogens with one attached hydrogen (secondary N) is 1. The lowest BCUT2D eigenvalue weighted by atomic mass is 10.1. The topological polar surface area (TPSA) is 36.1 Å². The van der Waals surface area contributed by atoms with Gasteiger partial charge in [0.2, 0.25) is 0 Å². The van der Waals surface area contributed by atoms with E-state index in [0.29, 0.717) is 0 Å². The van der Waals surface area contributed by atoms with Crippen LogP contribution in [-0.2, 0) is 0 Å². The van der Waals surface area contributed by atoms with Crippen molar-refractivity contribution in [2.75, 3.05) is 13.6 Å². The third kappa shape index (κ3) is 2.33. The molecule has 1 amide bonds. The maximum atomic E-state index is 12.3. The number of aromatic amines is 1. The number of carbonyl (C=O) groups is 1. The molecule has 0 unspecified atom stereocenters. The van der Waals surface area contributed by atoms with Gasteiger partial charge in [-0.05, 0) is 24.6 Å². The van der Waals surface area contributed by atoms with Crippen LogP contribution in [-0.4, -0.2) is 29.4 Å². The van der Waals surface area contributed by atoms with E-state index in [1.807, 2.05) is 37.5 Å². The second kappa shape index (κ2) is 5.04. The molecule has 0 aliphatic rings. The first-order valence-electron chi connectivity index (χ1n) is 6.05. The molecule has 1 N–H and O–H groups in total. The van der Waals surface area contributed by atoms with Crippen molar-refractivity contribution >= 4 is 16.8 Å². The number of hydrogen-bond donors (Lipinski definition) is 1. The molecule has 0 fully saturated rings. The van der Waals surface area contributed by atoms with E-state index < -0.39 is 0 Å². The van der Waals surface area contributed by atoms with Crippen molar-refractivity contribution in [3.8, 4) is 0 Å². The summed E-state index contributed by atoms with van der Waals surface area (Å²) in [5.41, 5.74) is 1.79. The van der Waals surface area contributed by atoms with Crippen molar-refractivity contribution < 1.29 is 4.79 Å². The molecule has 1 aromatic carbocycles. The smallest absolute Gasteiger partial charge is 0.254 e. The Labute approximate surface area is 101 Å². The van der Waals surface area contributed by atoms with Crippen molar-refractivity contribution in [2.45, 2.75) is 19.8 Å². The molecule has 17 heavy (non-hydrogen) atoms. The van der Waals surface area contributed by atoms with E-state index in [0.717, 1.165) is 35.9 Å². The van der Waals surface area contributed by atoms with Gasteiger partial charge in [0, 0.05) is 36.3 Å². The quantitative estimate of drug-likeness (QED) is 0.861. The van der Waals surface area contributed by atoms with Crippen molar-refractivity contribution in [1.29, 1.82) is 0 Å². The average Bonchev–Trinajstić information content (AvgIpc) is 2.82. The Morgan fingerprint density at radius 2 is 2.18 bits per heavy atom. The normalized spacial score (nSPS) is 10.7. The van der Waals surface area contributed by atoms with E-state index in [1.165, 1.54) is 0 Å². The number of unbranched alkanes of at least 4 members (excludes halogenated alkanes) is 1. The highest BCUT2D eigenvalue weighted by Gasteiger charge is 2.14. The van der Waals surface area contributed by atoms with Gasteiger partial charge in [-0.15, -0.1) is 0 Å². The van der Waals surface area contributed by atoms with Crippen LogP contribution >= 0.6 is 0 Å². The number of hydrogen-bond acceptors (Lipinski definition) is 1. The fourth-order valence-corrected chi connectivity index (χ4v) is 1.97. The molecule has 0 saturated heterocycles. The molecule has 0 aliphatic heterocycles. The first-order chi connectivity index (χ1) is 8.24. The van der Waals surface area contributed by atoms with E-state index in [2.05, 4.69) is 11.9 Å². The van der Waals surface area contributed by atoms with Crippen LogP contribution in [0, 0.1) is 0 Å². The molecule has 0 bridgehead atoms. The average molecular weight is 230 g/mol. The van der Waals surface area contributed by atoms with E-state index in [-0.39, 0.29) is 5.91 Å². The van der Waals surface area contributed by atoms with Crippen LogP contribution in [0.15, 0.2) is 30.5 Å². The molecular weight excluding hydrogens is 212 g/mol. The van der Waals surface area contributed by atoms with Gasteiger partial charge in [0.25, 0.3) is 5.91 Å². The highest BCUT2D eigenvalue weighted by molar-refractivity contribution is 6.06. The third-order valence-corrected chi connectivity index (χ3v) is 3.02. The molecule has 2 aromatic rings. The van der Waals surface area contributed by atoms with Crippen molar-refractivity contribution in [1.82, 2.24) is 9.88 Å². The summed E-state index contributed by atoms with van der Waals surface area (Å²) in [5, 5.41) is 1.00. The van der Waals surface area contributed by atoms with Crippen LogP contribution in [0.3, 0.4) is 0 Å². The standard InChI is InChI=1S/C14H18N2O/c1-3-4-10-16(2)14(17)12-6-5-7-13-11(12)8-9-15-13/h5-9,15H,3-4,10H2,1-2H3.